The molecule has 0 aromatic carbocycles. The predicted octanol–water partition coefficient (Wildman–Crippen LogP) is 3.37. The summed E-state index contributed by atoms with van der Waals surface area (Å²) in [6, 6.07) is 2.18. The number of hydrogen-bond donors (Lipinski definition) is 1. The minimum absolute atomic E-state index is 0.124. The largest absolute Gasteiger partial charge is 0.374 e. The van der Waals surface area contributed by atoms with E-state index in [1.54, 1.807) is 0 Å². The Bertz CT molecular complexity index is 405. The van der Waals surface area contributed by atoms with Gasteiger partial charge in [-0.2, -0.15) is 0 Å². The summed E-state index contributed by atoms with van der Waals surface area (Å²) in [6.45, 7) is 15.0. The van der Waals surface area contributed by atoms with E-state index in [9.17, 15) is 0 Å². The summed E-state index contributed by atoms with van der Waals surface area (Å²) in [5.74, 6) is 0.655. The molecule has 19 heavy (non-hydrogen) atoms. The molecule has 0 saturated heterocycles. The third kappa shape index (κ3) is 5.60. The molecule has 1 aromatic rings. The van der Waals surface area contributed by atoms with Gasteiger partial charge in [-0.3, -0.25) is 4.98 Å². The second kappa shape index (κ2) is 6.38. The first-order valence-electron chi connectivity index (χ1n) is 7.10. The van der Waals surface area contributed by atoms with Crippen molar-refractivity contribution < 1.29 is 0 Å². The highest BCUT2D eigenvalue weighted by molar-refractivity contribution is 5.53. The number of nitrogens with zero attached hydrogens (tertiary/aromatic N) is 2. The van der Waals surface area contributed by atoms with E-state index in [2.05, 4.69) is 62.9 Å². The number of anilines is 1. The lowest BCUT2D eigenvalue weighted by molar-refractivity contribution is 0.424. The smallest absolute Gasteiger partial charge is 0.0443 e. The van der Waals surface area contributed by atoms with Crippen molar-refractivity contribution in [1.82, 2.24) is 10.3 Å². The van der Waals surface area contributed by atoms with Gasteiger partial charge in [0.05, 0.1) is 0 Å². The van der Waals surface area contributed by atoms with Crippen molar-refractivity contribution in [3.8, 4) is 0 Å². The Balaban J connectivity index is 2.91. The second-order valence-electron chi connectivity index (χ2n) is 6.83. The molecular formula is C16H29N3. The summed E-state index contributed by atoms with van der Waals surface area (Å²) in [4.78, 5) is 6.77. The average molecular weight is 263 g/mol. The third-order valence-electron chi connectivity index (χ3n) is 2.96. The van der Waals surface area contributed by atoms with Gasteiger partial charge in [-0.05, 0) is 39.7 Å². The fourth-order valence-corrected chi connectivity index (χ4v) is 2.07. The first-order chi connectivity index (χ1) is 8.69. The number of aryl methyl sites for hydroxylation is 1. The summed E-state index contributed by atoms with van der Waals surface area (Å²) >= 11 is 0. The maximum absolute atomic E-state index is 4.44. The molecule has 0 amide bonds. The molecule has 1 N–H and O–H groups in total. The predicted molar refractivity (Wildman–Crippen MR) is 83.7 cm³/mol. The van der Waals surface area contributed by atoms with Gasteiger partial charge in [0, 0.05) is 48.8 Å². The molecule has 0 bridgehead atoms. The Morgan fingerprint density at radius 3 is 2.47 bits per heavy atom. The van der Waals surface area contributed by atoms with Crippen molar-refractivity contribution in [2.24, 2.45) is 5.92 Å². The van der Waals surface area contributed by atoms with Crippen molar-refractivity contribution in [3.05, 3.63) is 23.5 Å². The standard InChI is InChI=1S/C16H29N3/c1-12(2)11-19(7)15-8-13(3)17-9-14(15)10-18-16(4,5)6/h8-9,12,18H,10-11H2,1-7H3. The maximum Gasteiger partial charge on any atom is 0.0443 e. The third-order valence-corrected chi connectivity index (χ3v) is 2.96. The zero-order valence-electron chi connectivity index (χ0n) is 13.5. The SMILES string of the molecule is Cc1cc(N(C)CC(C)C)c(CNC(C)(C)C)cn1. The summed E-state index contributed by atoms with van der Waals surface area (Å²) in [7, 11) is 2.16. The molecule has 0 saturated carbocycles. The Kier molecular flexibility index (Phi) is 5.36. The second-order valence-corrected chi connectivity index (χ2v) is 6.83. The summed E-state index contributed by atoms with van der Waals surface area (Å²) in [6.07, 6.45) is 2.00. The molecule has 0 atom stereocenters. The van der Waals surface area contributed by atoms with E-state index in [0.29, 0.717) is 5.92 Å². The van der Waals surface area contributed by atoms with Crippen LogP contribution in [0.1, 0.15) is 45.9 Å². The highest BCUT2D eigenvalue weighted by Gasteiger charge is 2.13. The highest BCUT2D eigenvalue weighted by Crippen LogP contribution is 2.21. The van der Waals surface area contributed by atoms with Gasteiger partial charge < -0.3 is 10.2 Å². The van der Waals surface area contributed by atoms with Gasteiger partial charge in [-0.15, -0.1) is 0 Å². The van der Waals surface area contributed by atoms with E-state index < -0.39 is 0 Å². The van der Waals surface area contributed by atoms with Crippen LogP contribution in [0.15, 0.2) is 12.3 Å². The number of hydrogen-bond acceptors (Lipinski definition) is 3. The van der Waals surface area contributed by atoms with Crippen LogP contribution in [0.3, 0.4) is 0 Å². The molecule has 0 unspecified atom stereocenters. The summed E-state index contributed by atoms with van der Waals surface area (Å²) in [5, 5.41) is 3.54. The minimum Gasteiger partial charge on any atom is -0.374 e. The van der Waals surface area contributed by atoms with Crippen molar-refractivity contribution in [2.45, 2.75) is 53.6 Å². The highest BCUT2D eigenvalue weighted by atomic mass is 15.1. The lowest BCUT2D eigenvalue weighted by Gasteiger charge is -2.27. The lowest BCUT2D eigenvalue weighted by atomic mass is 10.1. The van der Waals surface area contributed by atoms with Crippen molar-refractivity contribution >= 4 is 5.69 Å². The number of nitrogens with one attached hydrogen (secondary N) is 1. The van der Waals surface area contributed by atoms with Crippen LogP contribution in [0.5, 0.6) is 0 Å². The zero-order valence-corrected chi connectivity index (χ0v) is 13.5. The van der Waals surface area contributed by atoms with Crippen LogP contribution in [0.25, 0.3) is 0 Å². The van der Waals surface area contributed by atoms with E-state index in [1.807, 2.05) is 13.1 Å². The molecule has 0 aliphatic heterocycles. The fourth-order valence-electron chi connectivity index (χ4n) is 2.07. The molecule has 1 heterocycles. The Hall–Kier alpha value is -1.09. The molecule has 0 fully saturated rings. The van der Waals surface area contributed by atoms with Gasteiger partial charge in [-0.1, -0.05) is 13.8 Å². The number of rotatable bonds is 5. The number of pyridine rings is 1. The number of aromatic nitrogens is 1. The Morgan fingerprint density at radius 2 is 1.95 bits per heavy atom. The normalized spacial score (nSPS) is 12.0. The van der Waals surface area contributed by atoms with Gasteiger partial charge >= 0.3 is 0 Å². The molecule has 0 aliphatic carbocycles. The lowest BCUT2D eigenvalue weighted by Crippen LogP contribution is -2.35. The van der Waals surface area contributed by atoms with Crippen LogP contribution >= 0.6 is 0 Å². The molecule has 1 aromatic heterocycles. The average Bonchev–Trinajstić information content (AvgIpc) is 2.25. The maximum atomic E-state index is 4.44. The minimum atomic E-state index is 0.124. The summed E-state index contributed by atoms with van der Waals surface area (Å²) < 4.78 is 0. The van der Waals surface area contributed by atoms with Gasteiger partial charge in [0.1, 0.15) is 0 Å². The monoisotopic (exact) mass is 263 g/mol. The molecule has 0 aliphatic rings. The van der Waals surface area contributed by atoms with Crippen molar-refractivity contribution in [3.63, 3.8) is 0 Å². The van der Waals surface area contributed by atoms with Crippen LogP contribution in [0.2, 0.25) is 0 Å². The zero-order chi connectivity index (χ0) is 14.6. The van der Waals surface area contributed by atoms with Crippen molar-refractivity contribution in [1.29, 1.82) is 0 Å². The first-order valence-corrected chi connectivity index (χ1v) is 7.10. The van der Waals surface area contributed by atoms with Crippen molar-refractivity contribution in [2.75, 3.05) is 18.5 Å². The molecule has 0 spiro atoms. The quantitative estimate of drug-likeness (QED) is 0.883. The first kappa shape index (κ1) is 16.0. The van der Waals surface area contributed by atoms with Crippen LogP contribution in [0.4, 0.5) is 5.69 Å². The van der Waals surface area contributed by atoms with Gasteiger partial charge in [0.15, 0.2) is 0 Å². The van der Waals surface area contributed by atoms with Crippen LogP contribution in [-0.4, -0.2) is 24.1 Å². The molecule has 3 nitrogen and oxygen atoms in total. The van der Waals surface area contributed by atoms with Crippen LogP contribution in [-0.2, 0) is 6.54 Å². The van der Waals surface area contributed by atoms with Crippen LogP contribution < -0.4 is 10.2 Å². The summed E-state index contributed by atoms with van der Waals surface area (Å²) in [5.41, 5.74) is 3.76. The molecule has 1 rings (SSSR count). The van der Waals surface area contributed by atoms with E-state index in [-0.39, 0.29) is 5.54 Å². The van der Waals surface area contributed by atoms with Crippen LogP contribution in [0, 0.1) is 12.8 Å². The molecular weight excluding hydrogens is 234 g/mol. The van der Waals surface area contributed by atoms with Gasteiger partial charge in [-0.25, -0.2) is 0 Å². The van der Waals surface area contributed by atoms with E-state index in [1.165, 1.54) is 11.3 Å². The molecule has 0 radical (unpaired) electrons. The van der Waals surface area contributed by atoms with E-state index in [4.69, 9.17) is 0 Å². The Labute approximate surface area is 118 Å². The molecule has 3 heteroatoms. The van der Waals surface area contributed by atoms with Gasteiger partial charge in [0.25, 0.3) is 0 Å². The Morgan fingerprint density at radius 1 is 1.32 bits per heavy atom. The van der Waals surface area contributed by atoms with Gasteiger partial charge in [0.2, 0.25) is 0 Å². The molecule has 108 valence electrons. The topological polar surface area (TPSA) is 28.2 Å². The van der Waals surface area contributed by atoms with E-state index >= 15 is 0 Å². The fraction of sp³-hybridized carbons (Fsp3) is 0.688. The van der Waals surface area contributed by atoms with E-state index in [0.717, 1.165) is 18.8 Å².